The predicted octanol–water partition coefficient (Wildman–Crippen LogP) is 0.345. The van der Waals surface area contributed by atoms with Crippen molar-refractivity contribution in [3.8, 4) is 0 Å². The first-order valence-electron chi connectivity index (χ1n) is 6.26. The van der Waals surface area contributed by atoms with Gasteiger partial charge in [-0.3, -0.25) is 0 Å². The van der Waals surface area contributed by atoms with Crippen molar-refractivity contribution in [2.75, 3.05) is 20.1 Å². The van der Waals surface area contributed by atoms with Crippen LogP contribution in [0.3, 0.4) is 0 Å². The summed E-state index contributed by atoms with van der Waals surface area (Å²) in [5, 5.41) is 0.153. The van der Waals surface area contributed by atoms with Crippen LogP contribution in [0.25, 0.3) is 0 Å². The predicted molar refractivity (Wildman–Crippen MR) is 68.8 cm³/mol. The quantitative estimate of drug-likeness (QED) is 0.810. The van der Waals surface area contributed by atoms with E-state index in [4.69, 9.17) is 0 Å². The lowest BCUT2D eigenvalue weighted by atomic mass is 10.2. The lowest BCUT2D eigenvalue weighted by molar-refractivity contribution is 0.310. The van der Waals surface area contributed by atoms with Crippen LogP contribution in [-0.4, -0.2) is 49.5 Å². The molecule has 1 aromatic heterocycles. The third-order valence-electron chi connectivity index (χ3n) is 3.41. The maximum absolute atomic E-state index is 12.0. The van der Waals surface area contributed by atoms with Crippen molar-refractivity contribution in [2.24, 2.45) is 0 Å². The second kappa shape index (κ2) is 5.38. The molecule has 0 bridgehead atoms. The first-order chi connectivity index (χ1) is 8.53. The van der Waals surface area contributed by atoms with Crippen LogP contribution in [0.15, 0.2) is 11.2 Å². The fraction of sp³-hybridized carbons (Fsp3) is 0.727. The normalized spacial score (nSPS) is 21.6. The summed E-state index contributed by atoms with van der Waals surface area (Å²) in [4.78, 5) is 9.01. The molecule has 0 amide bonds. The highest BCUT2D eigenvalue weighted by Crippen LogP contribution is 2.14. The number of H-pyrrole nitrogens is 1. The van der Waals surface area contributed by atoms with Gasteiger partial charge in [0.05, 0.1) is 6.20 Å². The van der Waals surface area contributed by atoms with Gasteiger partial charge in [-0.1, -0.05) is 6.92 Å². The second-order valence-electron chi connectivity index (χ2n) is 4.68. The van der Waals surface area contributed by atoms with Crippen molar-refractivity contribution >= 4 is 10.0 Å². The SMILES string of the molecule is CCc1ncc(S(=O)(=O)NCC2CCCN2C)[nH]1. The average molecular weight is 272 g/mol. The number of nitrogens with zero attached hydrogens (tertiary/aromatic N) is 2. The first-order valence-corrected chi connectivity index (χ1v) is 7.75. The van der Waals surface area contributed by atoms with Crippen molar-refractivity contribution in [2.45, 2.75) is 37.3 Å². The lowest BCUT2D eigenvalue weighted by Gasteiger charge is -2.19. The number of rotatable bonds is 5. The monoisotopic (exact) mass is 272 g/mol. The van der Waals surface area contributed by atoms with Crippen LogP contribution >= 0.6 is 0 Å². The minimum absolute atomic E-state index is 0.153. The van der Waals surface area contributed by atoms with Gasteiger partial charge in [0, 0.05) is 19.0 Å². The molecule has 6 nitrogen and oxygen atoms in total. The summed E-state index contributed by atoms with van der Waals surface area (Å²) in [5.41, 5.74) is 0. The summed E-state index contributed by atoms with van der Waals surface area (Å²) in [6.45, 7) is 3.42. The van der Waals surface area contributed by atoms with E-state index in [1.807, 2.05) is 14.0 Å². The van der Waals surface area contributed by atoms with Gasteiger partial charge in [0.25, 0.3) is 10.0 Å². The van der Waals surface area contributed by atoms with Crippen molar-refractivity contribution in [3.63, 3.8) is 0 Å². The Morgan fingerprint density at radius 1 is 1.61 bits per heavy atom. The summed E-state index contributed by atoms with van der Waals surface area (Å²) in [6, 6.07) is 0.299. The highest BCUT2D eigenvalue weighted by Gasteiger charge is 2.24. The molecule has 0 aromatic carbocycles. The minimum Gasteiger partial charge on any atom is -0.332 e. The van der Waals surface area contributed by atoms with Crippen molar-refractivity contribution in [1.29, 1.82) is 0 Å². The number of aromatic nitrogens is 2. The fourth-order valence-corrected chi connectivity index (χ4v) is 3.19. The minimum atomic E-state index is -3.46. The zero-order chi connectivity index (χ0) is 13.2. The number of hydrogen-bond donors (Lipinski definition) is 2. The Morgan fingerprint density at radius 3 is 2.94 bits per heavy atom. The van der Waals surface area contributed by atoms with Gasteiger partial charge in [0.15, 0.2) is 5.03 Å². The summed E-state index contributed by atoms with van der Waals surface area (Å²) < 4.78 is 26.7. The van der Waals surface area contributed by atoms with E-state index in [0.717, 1.165) is 19.4 Å². The molecule has 1 fully saturated rings. The Kier molecular flexibility index (Phi) is 4.04. The number of imidazole rings is 1. The van der Waals surface area contributed by atoms with Gasteiger partial charge in [-0.05, 0) is 26.4 Å². The number of aromatic amines is 1. The Hall–Kier alpha value is -0.920. The maximum Gasteiger partial charge on any atom is 0.257 e. The van der Waals surface area contributed by atoms with Crippen LogP contribution < -0.4 is 4.72 Å². The zero-order valence-electron chi connectivity index (χ0n) is 10.8. The van der Waals surface area contributed by atoms with Crippen LogP contribution in [0.5, 0.6) is 0 Å². The first kappa shape index (κ1) is 13.5. The van der Waals surface area contributed by atoms with Gasteiger partial charge < -0.3 is 9.88 Å². The number of nitrogens with one attached hydrogen (secondary N) is 2. The number of likely N-dealkylation sites (N-methyl/N-ethyl adjacent to an activating group) is 1. The molecule has 7 heteroatoms. The van der Waals surface area contributed by atoms with Gasteiger partial charge in [-0.15, -0.1) is 0 Å². The molecule has 1 aliphatic heterocycles. The Labute approximate surface area is 108 Å². The smallest absolute Gasteiger partial charge is 0.257 e. The molecule has 102 valence electrons. The molecule has 1 unspecified atom stereocenters. The van der Waals surface area contributed by atoms with E-state index in [9.17, 15) is 8.42 Å². The van der Waals surface area contributed by atoms with Gasteiger partial charge in [-0.25, -0.2) is 18.1 Å². The third kappa shape index (κ3) is 2.90. The van der Waals surface area contributed by atoms with E-state index in [1.165, 1.54) is 6.20 Å². The molecule has 1 aliphatic rings. The van der Waals surface area contributed by atoms with Crippen LogP contribution in [0.4, 0.5) is 0 Å². The largest absolute Gasteiger partial charge is 0.332 e. The van der Waals surface area contributed by atoms with E-state index in [-0.39, 0.29) is 5.03 Å². The summed E-state index contributed by atoms with van der Waals surface area (Å²) >= 11 is 0. The standard InChI is InChI=1S/C11H20N4O2S/c1-3-10-12-8-11(14-10)18(16,17)13-7-9-5-4-6-15(9)2/h8-9,13H,3-7H2,1-2H3,(H,12,14). The second-order valence-corrected chi connectivity index (χ2v) is 6.41. The Bertz CT molecular complexity index is 497. The number of aryl methyl sites for hydroxylation is 1. The molecular formula is C11H20N4O2S. The summed E-state index contributed by atoms with van der Waals surface area (Å²) in [6.07, 6.45) is 4.25. The molecular weight excluding hydrogens is 252 g/mol. The topological polar surface area (TPSA) is 78.1 Å². The third-order valence-corrected chi connectivity index (χ3v) is 4.74. The Morgan fingerprint density at radius 2 is 2.39 bits per heavy atom. The average Bonchev–Trinajstić information content (AvgIpc) is 2.95. The number of sulfonamides is 1. The molecule has 0 saturated carbocycles. The molecule has 18 heavy (non-hydrogen) atoms. The van der Waals surface area contributed by atoms with Crippen LogP contribution in [0, 0.1) is 0 Å². The maximum atomic E-state index is 12.0. The van der Waals surface area contributed by atoms with Gasteiger partial charge >= 0.3 is 0 Å². The molecule has 1 atom stereocenters. The molecule has 1 saturated heterocycles. The van der Waals surface area contributed by atoms with E-state index >= 15 is 0 Å². The Balaban J connectivity index is 1.98. The molecule has 2 rings (SSSR count). The van der Waals surface area contributed by atoms with Gasteiger partial charge in [0.2, 0.25) is 0 Å². The van der Waals surface area contributed by atoms with E-state index in [0.29, 0.717) is 24.8 Å². The molecule has 2 heterocycles. The molecule has 0 radical (unpaired) electrons. The molecule has 1 aromatic rings. The van der Waals surface area contributed by atoms with Crippen molar-refractivity contribution in [1.82, 2.24) is 19.6 Å². The molecule has 0 aliphatic carbocycles. The van der Waals surface area contributed by atoms with Crippen LogP contribution in [0.1, 0.15) is 25.6 Å². The van der Waals surface area contributed by atoms with Crippen molar-refractivity contribution < 1.29 is 8.42 Å². The molecule has 2 N–H and O–H groups in total. The van der Waals surface area contributed by atoms with E-state index in [2.05, 4.69) is 19.6 Å². The number of likely N-dealkylation sites (tertiary alicyclic amines) is 1. The van der Waals surface area contributed by atoms with Crippen LogP contribution in [0.2, 0.25) is 0 Å². The zero-order valence-corrected chi connectivity index (χ0v) is 11.6. The van der Waals surface area contributed by atoms with E-state index in [1.54, 1.807) is 0 Å². The highest BCUT2D eigenvalue weighted by atomic mass is 32.2. The summed E-state index contributed by atoms with van der Waals surface area (Å²) in [7, 11) is -1.43. The van der Waals surface area contributed by atoms with Gasteiger partial charge in [0.1, 0.15) is 5.82 Å². The van der Waals surface area contributed by atoms with E-state index < -0.39 is 10.0 Å². The molecule has 0 spiro atoms. The van der Waals surface area contributed by atoms with Crippen molar-refractivity contribution in [3.05, 3.63) is 12.0 Å². The summed E-state index contributed by atoms with van der Waals surface area (Å²) in [5.74, 6) is 0.688. The van der Waals surface area contributed by atoms with Crippen LogP contribution in [-0.2, 0) is 16.4 Å². The number of hydrogen-bond acceptors (Lipinski definition) is 4. The highest BCUT2D eigenvalue weighted by molar-refractivity contribution is 7.89. The lowest BCUT2D eigenvalue weighted by Crippen LogP contribution is -2.38. The van der Waals surface area contributed by atoms with Gasteiger partial charge in [-0.2, -0.15) is 0 Å². The fourth-order valence-electron chi connectivity index (χ4n) is 2.18.